The van der Waals surface area contributed by atoms with Gasteiger partial charge in [-0.25, -0.2) is 14.5 Å². The fourth-order valence-corrected chi connectivity index (χ4v) is 3.45. The van der Waals surface area contributed by atoms with Crippen molar-refractivity contribution in [2.75, 3.05) is 19.0 Å². The Balaban J connectivity index is 2.25. The molecule has 9 heteroatoms. The van der Waals surface area contributed by atoms with Gasteiger partial charge in [0.15, 0.2) is 0 Å². The number of anilines is 1. The van der Waals surface area contributed by atoms with E-state index in [1.165, 1.54) is 36.5 Å². The molecule has 0 saturated carbocycles. The zero-order valence-electron chi connectivity index (χ0n) is 12.8. The van der Waals surface area contributed by atoms with Gasteiger partial charge < -0.3 is 10.2 Å². The molecule has 8 nitrogen and oxygen atoms in total. The second-order valence-electron chi connectivity index (χ2n) is 5.43. The van der Waals surface area contributed by atoms with E-state index in [1.54, 1.807) is 12.3 Å². The van der Waals surface area contributed by atoms with Crippen LogP contribution in [0.5, 0.6) is 0 Å². The number of quaternary nitrogens is 1. The zero-order valence-corrected chi connectivity index (χ0v) is 13.6. The van der Waals surface area contributed by atoms with Crippen LogP contribution < -0.4 is 15.1 Å². The molecule has 0 spiro atoms. The van der Waals surface area contributed by atoms with E-state index in [0.717, 1.165) is 0 Å². The van der Waals surface area contributed by atoms with Gasteiger partial charge >= 0.3 is 17.1 Å². The number of primary amides is 1. The highest BCUT2D eigenvalue weighted by molar-refractivity contribution is 7.13. The lowest BCUT2D eigenvalue weighted by atomic mass is 10.0. The average molecular weight is 335 g/mol. The quantitative estimate of drug-likeness (QED) is 0.854. The molecule has 0 aliphatic carbocycles. The summed E-state index contributed by atoms with van der Waals surface area (Å²) in [5, 5.41) is 2.04. The molecule has 0 fully saturated rings. The number of thiazole rings is 1. The highest BCUT2D eigenvalue weighted by Gasteiger charge is 2.56. The van der Waals surface area contributed by atoms with Crippen molar-refractivity contribution in [3.8, 4) is 0 Å². The van der Waals surface area contributed by atoms with Crippen LogP contribution in [0.1, 0.15) is 21.7 Å². The van der Waals surface area contributed by atoms with Crippen molar-refractivity contribution in [3.63, 3.8) is 0 Å². The van der Waals surface area contributed by atoms with Gasteiger partial charge in [0.1, 0.15) is 11.3 Å². The fourth-order valence-electron chi connectivity index (χ4n) is 2.71. The van der Waals surface area contributed by atoms with Crippen LogP contribution in [-0.2, 0) is 11.2 Å². The maximum Gasteiger partial charge on any atom is 0.440 e. The Morgan fingerprint density at radius 2 is 2.17 bits per heavy atom. The Morgan fingerprint density at radius 3 is 2.74 bits per heavy atom. The number of amides is 4. The van der Waals surface area contributed by atoms with Crippen molar-refractivity contribution in [1.29, 1.82) is 0 Å². The summed E-state index contributed by atoms with van der Waals surface area (Å²) in [5.41, 5.74) is 5.89. The van der Waals surface area contributed by atoms with E-state index in [1.807, 2.05) is 0 Å². The lowest BCUT2D eigenvalue weighted by molar-refractivity contribution is -0.117. The van der Waals surface area contributed by atoms with Crippen molar-refractivity contribution in [1.82, 2.24) is 9.47 Å². The van der Waals surface area contributed by atoms with Crippen LogP contribution in [0.3, 0.4) is 0 Å². The number of carbonyl (C=O) groups excluding carboxylic acids is 3. The van der Waals surface area contributed by atoms with Gasteiger partial charge in [0.05, 0.1) is 13.5 Å². The zero-order chi connectivity index (χ0) is 16.9. The Labute approximate surface area is 135 Å². The third-order valence-electron chi connectivity index (χ3n) is 3.94. The van der Waals surface area contributed by atoms with E-state index in [9.17, 15) is 14.4 Å². The summed E-state index contributed by atoms with van der Waals surface area (Å²) in [6.07, 6.45) is 1.40. The molecule has 0 radical (unpaired) electrons. The van der Waals surface area contributed by atoms with Crippen LogP contribution >= 0.6 is 11.3 Å². The van der Waals surface area contributed by atoms with Crippen molar-refractivity contribution in [2.24, 2.45) is 5.73 Å². The molecule has 2 N–H and O–H groups in total. The van der Waals surface area contributed by atoms with Gasteiger partial charge in [-0.2, -0.15) is 4.98 Å². The lowest BCUT2D eigenvalue weighted by Gasteiger charge is -2.32. The summed E-state index contributed by atoms with van der Waals surface area (Å²) in [6, 6.07) is -0.475. The van der Waals surface area contributed by atoms with E-state index < -0.39 is 22.3 Å². The van der Waals surface area contributed by atoms with Crippen molar-refractivity contribution < 1.29 is 18.8 Å². The first-order valence-corrected chi connectivity index (χ1v) is 7.66. The third kappa shape index (κ3) is 2.01. The minimum atomic E-state index is -0.633. The average Bonchev–Trinajstić information content (AvgIpc) is 3.12. The minimum Gasteiger partial charge on any atom is -0.444 e. The number of nitrogens with zero attached hydrogens (tertiary/aromatic N) is 3. The summed E-state index contributed by atoms with van der Waals surface area (Å²) in [4.78, 5) is 42.6. The predicted octanol–water partition coefficient (Wildman–Crippen LogP) is 1.42. The van der Waals surface area contributed by atoms with E-state index in [-0.39, 0.29) is 17.9 Å². The summed E-state index contributed by atoms with van der Waals surface area (Å²) in [7, 11) is 3.01. The van der Waals surface area contributed by atoms with E-state index >= 15 is 0 Å². The second-order valence-corrected chi connectivity index (χ2v) is 6.30. The van der Waals surface area contributed by atoms with Gasteiger partial charge in [0, 0.05) is 24.2 Å². The molecule has 2 aromatic rings. The molecule has 0 saturated heterocycles. The van der Waals surface area contributed by atoms with Gasteiger partial charge in [-0.3, -0.25) is 4.79 Å². The summed E-state index contributed by atoms with van der Waals surface area (Å²) >= 11 is 1.21. The monoisotopic (exact) mass is 335 g/mol. The second kappa shape index (κ2) is 5.00. The fraction of sp³-hybridized carbons (Fsp3) is 0.286. The molecule has 1 unspecified atom stereocenters. The molecule has 0 bridgehead atoms. The van der Waals surface area contributed by atoms with Gasteiger partial charge in [-0.15, -0.1) is 4.48 Å². The number of aryl methyl sites for hydroxylation is 1. The number of imide groups is 1. The lowest BCUT2D eigenvalue weighted by Crippen LogP contribution is -2.63. The largest absolute Gasteiger partial charge is 0.444 e. The molecule has 1 aliphatic heterocycles. The molecule has 3 heterocycles. The highest BCUT2D eigenvalue weighted by Crippen LogP contribution is 2.40. The first-order chi connectivity index (χ1) is 10.8. The number of nitrogens with two attached hydrogens (primary N) is 1. The number of hydrogen-bond acceptors (Lipinski definition) is 6. The first kappa shape index (κ1) is 15.4. The number of fused-ring (bicyclic) bond motifs is 1. The molecule has 1 aliphatic rings. The van der Waals surface area contributed by atoms with Crippen LogP contribution in [-0.4, -0.2) is 36.9 Å². The molecule has 1 atom stereocenters. The summed E-state index contributed by atoms with van der Waals surface area (Å²) in [5.74, 6) is -0.519. The Morgan fingerprint density at radius 1 is 1.48 bits per heavy atom. The van der Waals surface area contributed by atoms with Crippen LogP contribution in [0.4, 0.5) is 15.8 Å². The Kier molecular flexibility index (Phi) is 3.34. The third-order valence-corrected chi connectivity index (χ3v) is 4.88. The van der Waals surface area contributed by atoms with Gasteiger partial charge in [-0.1, -0.05) is 11.3 Å². The van der Waals surface area contributed by atoms with Gasteiger partial charge in [-0.05, 0) is 6.92 Å². The van der Waals surface area contributed by atoms with E-state index in [4.69, 9.17) is 10.2 Å². The van der Waals surface area contributed by atoms with E-state index in [2.05, 4.69) is 4.98 Å². The Bertz CT molecular complexity index is 826. The maximum atomic E-state index is 13.1. The minimum absolute atomic E-state index is 0.129. The number of urea groups is 1. The molecular weight excluding hydrogens is 320 g/mol. The smallest absolute Gasteiger partial charge is 0.440 e. The highest BCUT2D eigenvalue weighted by atomic mass is 32.1. The molecule has 2 aromatic heterocycles. The SMILES string of the molecule is Cc1oc2c(c1CC(N)=O)C(=O)[N+](C)(c1nccs1)C(=O)N2C. The number of aromatic nitrogens is 1. The number of hydrogen-bond donors (Lipinski definition) is 1. The van der Waals surface area contributed by atoms with Crippen LogP contribution in [0.15, 0.2) is 16.0 Å². The molecule has 0 aromatic carbocycles. The maximum absolute atomic E-state index is 13.1. The van der Waals surface area contributed by atoms with Gasteiger partial charge in [0.2, 0.25) is 11.8 Å². The number of rotatable bonds is 3. The van der Waals surface area contributed by atoms with E-state index in [0.29, 0.717) is 16.5 Å². The first-order valence-electron chi connectivity index (χ1n) is 6.78. The summed E-state index contributed by atoms with van der Waals surface area (Å²) in [6.45, 7) is 1.63. The molecular formula is C14H15N4O4S+. The predicted molar refractivity (Wildman–Crippen MR) is 84.3 cm³/mol. The molecule has 4 amide bonds. The van der Waals surface area contributed by atoms with Crippen LogP contribution in [0.25, 0.3) is 0 Å². The van der Waals surface area contributed by atoms with Crippen LogP contribution in [0, 0.1) is 6.92 Å². The number of furan rings is 1. The van der Waals surface area contributed by atoms with Crippen molar-refractivity contribution in [3.05, 3.63) is 28.5 Å². The topological polar surface area (TPSA) is 106 Å². The Hall–Kier alpha value is -2.52. The number of carbonyl (C=O) groups is 3. The standard InChI is InChI=1S/C14H14N4O4S/c1-7-8(6-9(15)19)10-11(22-7)17(2)14(21)18(3,12(10)20)13-16-4-5-23-13/h4-5H,6H2,1-3H3,(H-,15,19)/p+1. The normalized spacial score (nSPS) is 20.7. The van der Waals surface area contributed by atoms with Crippen molar-refractivity contribution >= 4 is 40.2 Å². The van der Waals surface area contributed by atoms with Crippen molar-refractivity contribution in [2.45, 2.75) is 13.3 Å². The van der Waals surface area contributed by atoms with Crippen LogP contribution in [0.2, 0.25) is 0 Å². The summed E-state index contributed by atoms with van der Waals surface area (Å²) < 4.78 is 4.92. The van der Waals surface area contributed by atoms with Gasteiger partial charge in [0.25, 0.3) is 0 Å². The molecule has 3 rings (SSSR count). The molecule has 120 valence electrons. The molecule has 23 heavy (non-hydrogen) atoms.